The van der Waals surface area contributed by atoms with E-state index >= 15 is 0 Å². The fourth-order valence-electron chi connectivity index (χ4n) is 12.9. The summed E-state index contributed by atoms with van der Waals surface area (Å²) in [5, 5.41) is 2.57. The first kappa shape index (κ1) is 34.8. The van der Waals surface area contributed by atoms with Crippen LogP contribution < -0.4 is 4.90 Å². The summed E-state index contributed by atoms with van der Waals surface area (Å²) in [4.78, 5) is 2.60. The summed E-state index contributed by atoms with van der Waals surface area (Å²) in [6.07, 6.45) is 0. The van der Waals surface area contributed by atoms with Crippen molar-refractivity contribution in [2.45, 2.75) is 10.8 Å². The maximum atomic E-state index is 2.60. The zero-order valence-electron chi connectivity index (χ0n) is 34.7. The number of hydrogen-bond donors (Lipinski definition) is 0. The van der Waals surface area contributed by atoms with Gasteiger partial charge in [-0.05, 0) is 120 Å². The second kappa shape index (κ2) is 12.4. The van der Waals surface area contributed by atoms with Crippen LogP contribution in [-0.2, 0) is 10.8 Å². The molecule has 296 valence electrons. The first-order chi connectivity index (χ1) is 31.8. The lowest BCUT2D eigenvalue weighted by Gasteiger charge is -2.33. The van der Waals surface area contributed by atoms with Crippen molar-refractivity contribution in [1.29, 1.82) is 0 Å². The van der Waals surface area contributed by atoms with Crippen LogP contribution in [0.15, 0.2) is 224 Å². The summed E-state index contributed by atoms with van der Waals surface area (Å²) >= 11 is 1.88. The molecule has 0 atom stereocenters. The molecule has 11 aromatic rings. The summed E-state index contributed by atoms with van der Waals surface area (Å²) in [6, 6.07) is 85.1. The molecule has 1 aromatic heterocycles. The van der Waals surface area contributed by atoms with Gasteiger partial charge in [0.05, 0.1) is 22.2 Å². The normalized spacial score (nSPS) is 14.5. The van der Waals surface area contributed by atoms with E-state index in [0.717, 1.165) is 5.69 Å². The van der Waals surface area contributed by atoms with E-state index in [0.29, 0.717) is 0 Å². The number of benzene rings is 10. The van der Waals surface area contributed by atoms with Gasteiger partial charge < -0.3 is 4.90 Å². The number of thiophene rings is 1. The topological polar surface area (TPSA) is 3.24 Å². The molecular formula is C62H37NS. The summed E-state index contributed by atoms with van der Waals surface area (Å²) in [7, 11) is 0. The van der Waals surface area contributed by atoms with Crippen LogP contribution in [0, 0.1) is 0 Å². The van der Waals surface area contributed by atoms with Gasteiger partial charge in [0.1, 0.15) is 0 Å². The Labute approximate surface area is 375 Å². The molecule has 0 unspecified atom stereocenters. The van der Waals surface area contributed by atoms with E-state index in [4.69, 9.17) is 0 Å². The van der Waals surface area contributed by atoms with Crippen LogP contribution in [0.1, 0.15) is 44.5 Å². The molecule has 1 nitrogen and oxygen atoms in total. The third-order valence-corrected chi connectivity index (χ3v) is 16.2. The van der Waals surface area contributed by atoms with Crippen LogP contribution in [0.2, 0.25) is 0 Å². The van der Waals surface area contributed by atoms with Crippen molar-refractivity contribution < 1.29 is 0 Å². The number of anilines is 3. The Bertz CT molecular complexity index is 3740. The molecule has 0 amide bonds. The average Bonchev–Trinajstić information content (AvgIpc) is 4.13. The highest BCUT2D eigenvalue weighted by Crippen LogP contribution is 2.66. The van der Waals surface area contributed by atoms with Crippen LogP contribution in [0.5, 0.6) is 0 Å². The Morgan fingerprint density at radius 2 is 0.703 bits per heavy atom. The van der Waals surface area contributed by atoms with Gasteiger partial charge in [0.25, 0.3) is 0 Å². The van der Waals surface area contributed by atoms with Gasteiger partial charge in [0.15, 0.2) is 0 Å². The van der Waals surface area contributed by atoms with E-state index in [1.807, 2.05) is 11.3 Å². The maximum Gasteiger partial charge on any atom is 0.0726 e. The molecule has 0 N–H and O–H groups in total. The van der Waals surface area contributed by atoms with Crippen molar-refractivity contribution in [2.24, 2.45) is 0 Å². The monoisotopic (exact) mass is 827 g/mol. The Balaban J connectivity index is 1.05. The van der Waals surface area contributed by atoms with Crippen molar-refractivity contribution in [3.63, 3.8) is 0 Å². The molecule has 10 aromatic carbocycles. The van der Waals surface area contributed by atoms with Crippen molar-refractivity contribution in [1.82, 2.24) is 0 Å². The summed E-state index contributed by atoms with van der Waals surface area (Å²) in [5.41, 5.74) is 23.9. The molecule has 0 saturated carbocycles. The predicted molar refractivity (Wildman–Crippen MR) is 267 cm³/mol. The second-order valence-corrected chi connectivity index (χ2v) is 18.9. The lowest BCUT2D eigenvalue weighted by atomic mass is 9.70. The molecule has 4 aliphatic rings. The molecule has 15 rings (SSSR count). The Hall–Kier alpha value is -7.78. The largest absolute Gasteiger partial charge is 0.309 e. The first-order valence-electron chi connectivity index (χ1n) is 22.3. The highest BCUT2D eigenvalue weighted by atomic mass is 32.1. The number of hydrogen-bond acceptors (Lipinski definition) is 2. The van der Waals surface area contributed by atoms with Crippen molar-refractivity contribution in [3.05, 3.63) is 269 Å². The predicted octanol–water partition coefficient (Wildman–Crippen LogP) is 16.2. The third kappa shape index (κ3) is 4.07. The summed E-state index contributed by atoms with van der Waals surface area (Å²) in [5.74, 6) is 0. The zero-order chi connectivity index (χ0) is 41.7. The fraction of sp³-hybridized carbons (Fsp3) is 0.0323. The molecule has 2 spiro atoms. The molecule has 0 fully saturated rings. The van der Waals surface area contributed by atoms with Gasteiger partial charge in [-0.15, -0.1) is 11.3 Å². The van der Waals surface area contributed by atoms with Crippen LogP contribution in [0.4, 0.5) is 17.1 Å². The van der Waals surface area contributed by atoms with Gasteiger partial charge in [-0.1, -0.05) is 188 Å². The highest BCUT2D eigenvalue weighted by molar-refractivity contribution is 7.26. The third-order valence-electron chi connectivity index (χ3n) is 15.1. The van der Waals surface area contributed by atoms with Crippen LogP contribution in [0.3, 0.4) is 0 Å². The summed E-state index contributed by atoms with van der Waals surface area (Å²) in [6.45, 7) is 0. The minimum absolute atomic E-state index is 0.408. The lowest BCUT2D eigenvalue weighted by Crippen LogP contribution is -2.26. The number of nitrogens with zero attached hydrogens (tertiary/aromatic N) is 1. The van der Waals surface area contributed by atoms with Crippen LogP contribution in [0.25, 0.3) is 64.7 Å². The quantitative estimate of drug-likeness (QED) is 0.171. The van der Waals surface area contributed by atoms with Crippen molar-refractivity contribution in [2.75, 3.05) is 4.90 Å². The minimum Gasteiger partial charge on any atom is -0.309 e. The van der Waals surface area contributed by atoms with E-state index in [1.165, 1.54) is 121 Å². The van der Waals surface area contributed by atoms with Gasteiger partial charge >= 0.3 is 0 Å². The molecule has 64 heavy (non-hydrogen) atoms. The molecule has 2 heteroatoms. The van der Waals surface area contributed by atoms with Gasteiger partial charge in [0, 0.05) is 31.4 Å². The summed E-state index contributed by atoms with van der Waals surface area (Å²) < 4.78 is 2.59. The van der Waals surface area contributed by atoms with E-state index in [2.05, 4.69) is 229 Å². The standard InChI is InChI=1S/C62H37NS/c1-8-24-47-39(17-1)40-18-2-9-25-48(40)61(47)51-28-12-5-21-43(51)46-37-38(35-36-53(46)61)63(56-32-16-34-58-60(56)45-23-7-14-33-57(45)64-58)55-31-15-30-54-59(55)44-22-6-13-29-52(44)62(54)49-26-10-3-19-41(49)42-20-4-11-27-50(42)62/h1-37H. The second-order valence-electron chi connectivity index (χ2n) is 17.8. The highest BCUT2D eigenvalue weighted by Gasteiger charge is 2.54. The van der Waals surface area contributed by atoms with E-state index < -0.39 is 10.8 Å². The van der Waals surface area contributed by atoms with Crippen LogP contribution >= 0.6 is 11.3 Å². The maximum absolute atomic E-state index is 2.60. The number of rotatable bonds is 3. The van der Waals surface area contributed by atoms with Crippen molar-refractivity contribution in [3.8, 4) is 44.5 Å². The van der Waals surface area contributed by atoms with E-state index in [-0.39, 0.29) is 0 Å². The minimum atomic E-state index is -0.450. The zero-order valence-corrected chi connectivity index (χ0v) is 35.5. The lowest BCUT2D eigenvalue weighted by molar-refractivity contribution is 0.793. The van der Waals surface area contributed by atoms with Gasteiger partial charge in [-0.2, -0.15) is 0 Å². The Morgan fingerprint density at radius 1 is 0.297 bits per heavy atom. The fourth-order valence-corrected chi connectivity index (χ4v) is 14.0. The van der Waals surface area contributed by atoms with Crippen molar-refractivity contribution >= 4 is 48.6 Å². The van der Waals surface area contributed by atoms with E-state index in [1.54, 1.807) is 0 Å². The SMILES string of the molecule is c1ccc2c(c1)-c1ccccc1C21c2ccccc2-c2cc(N(c3cccc4c3-c3ccccc3C43c4ccccc4-c4ccccc43)c3cccc4sc5ccccc5c34)ccc21. The van der Waals surface area contributed by atoms with Crippen LogP contribution in [-0.4, -0.2) is 0 Å². The molecule has 1 heterocycles. The van der Waals surface area contributed by atoms with Gasteiger partial charge in [-0.3, -0.25) is 0 Å². The smallest absolute Gasteiger partial charge is 0.0726 e. The molecule has 0 saturated heterocycles. The first-order valence-corrected chi connectivity index (χ1v) is 23.2. The number of fused-ring (bicyclic) bond motifs is 23. The molecular weight excluding hydrogens is 791 g/mol. The Morgan fingerprint density at radius 3 is 1.30 bits per heavy atom. The molecule has 0 aliphatic heterocycles. The molecule has 0 radical (unpaired) electrons. The average molecular weight is 828 g/mol. The van der Waals surface area contributed by atoms with Gasteiger partial charge in [-0.25, -0.2) is 0 Å². The molecule has 4 aliphatic carbocycles. The van der Waals surface area contributed by atoms with Gasteiger partial charge in [0.2, 0.25) is 0 Å². The molecule has 0 bridgehead atoms. The Kier molecular flexibility index (Phi) is 6.76. The van der Waals surface area contributed by atoms with E-state index in [9.17, 15) is 0 Å².